The summed E-state index contributed by atoms with van der Waals surface area (Å²) < 4.78 is 42.5. The lowest BCUT2D eigenvalue weighted by Gasteiger charge is -2.18. The molecule has 0 heterocycles. The summed E-state index contributed by atoms with van der Waals surface area (Å²) in [4.78, 5) is 25.4. The molecule has 2 aromatic rings. The number of carbonyl (C=O) groups is 2. The lowest BCUT2D eigenvalue weighted by Crippen LogP contribution is -2.30. The lowest BCUT2D eigenvalue weighted by molar-refractivity contribution is -0.147. The second kappa shape index (κ2) is 9.41. The van der Waals surface area contributed by atoms with Gasteiger partial charge in [-0.1, -0.05) is 35.9 Å². The molecule has 2 aromatic carbocycles. The van der Waals surface area contributed by atoms with Gasteiger partial charge < -0.3 is 9.64 Å². The number of rotatable bonds is 6. The van der Waals surface area contributed by atoms with E-state index in [0.717, 1.165) is 34.9 Å². The highest BCUT2D eigenvalue weighted by molar-refractivity contribution is 5.89. The van der Waals surface area contributed by atoms with E-state index < -0.39 is 24.3 Å². The van der Waals surface area contributed by atoms with E-state index in [1.54, 1.807) is 7.05 Å². The third-order valence-corrected chi connectivity index (χ3v) is 4.32. The highest BCUT2D eigenvalue weighted by Gasteiger charge is 2.29. The van der Waals surface area contributed by atoms with Gasteiger partial charge in [-0.15, -0.1) is 0 Å². The average Bonchev–Trinajstić information content (AvgIpc) is 2.66. The number of amides is 1. The number of hydrogen-bond acceptors (Lipinski definition) is 3. The maximum absolute atomic E-state index is 12.5. The molecule has 7 heteroatoms. The first-order valence-corrected chi connectivity index (χ1v) is 8.88. The summed E-state index contributed by atoms with van der Waals surface area (Å²) in [6.07, 6.45) is -2.02. The number of halogens is 3. The standard InChI is InChI=1S/C22H22F3NO3/c1-15-4-8-18(16(2)12-15)13-26(3)20(27)14-29-21(28)11-7-17-5-9-19(10-6-17)22(23,24)25/h4-12H,13-14H2,1-3H3/b11-7+. The van der Waals surface area contributed by atoms with Crippen LogP contribution in [0.2, 0.25) is 0 Å². The largest absolute Gasteiger partial charge is 0.452 e. The molecular formula is C22H22F3NO3. The number of benzene rings is 2. The Morgan fingerprint density at radius 3 is 2.31 bits per heavy atom. The van der Waals surface area contributed by atoms with Crippen molar-refractivity contribution < 1.29 is 27.5 Å². The van der Waals surface area contributed by atoms with Crippen LogP contribution < -0.4 is 0 Å². The smallest absolute Gasteiger partial charge is 0.416 e. The predicted octanol–water partition coefficient (Wildman–Crippen LogP) is 4.54. The van der Waals surface area contributed by atoms with Gasteiger partial charge in [0, 0.05) is 19.7 Å². The Balaban J connectivity index is 1.84. The molecule has 0 aliphatic carbocycles. The van der Waals surface area contributed by atoms with E-state index in [4.69, 9.17) is 4.74 Å². The maximum atomic E-state index is 12.5. The van der Waals surface area contributed by atoms with Gasteiger partial charge >= 0.3 is 12.1 Å². The average molecular weight is 405 g/mol. The molecule has 1 amide bonds. The lowest BCUT2D eigenvalue weighted by atomic mass is 10.1. The number of nitrogens with zero attached hydrogens (tertiary/aromatic N) is 1. The molecule has 154 valence electrons. The molecule has 2 rings (SSSR count). The van der Waals surface area contributed by atoms with Gasteiger partial charge in [0.15, 0.2) is 6.61 Å². The SMILES string of the molecule is Cc1ccc(CN(C)C(=O)COC(=O)/C=C/c2ccc(C(F)(F)F)cc2)c(C)c1. The molecule has 0 aliphatic heterocycles. The molecule has 0 aromatic heterocycles. The third kappa shape index (κ3) is 6.78. The van der Waals surface area contributed by atoms with Crippen molar-refractivity contribution in [3.05, 3.63) is 76.4 Å². The number of hydrogen-bond donors (Lipinski definition) is 0. The van der Waals surface area contributed by atoms with Crippen molar-refractivity contribution >= 4 is 18.0 Å². The van der Waals surface area contributed by atoms with Gasteiger partial charge in [0.05, 0.1) is 5.56 Å². The van der Waals surface area contributed by atoms with Crippen LogP contribution in [-0.2, 0) is 27.0 Å². The summed E-state index contributed by atoms with van der Waals surface area (Å²) in [5.74, 6) is -1.11. The Bertz CT molecular complexity index is 903. The van der Waals surface area contributed by atoms with Crippen molar-refractivity contribution in [1.82, 2.24) is 4.90 Å². The monoisotopic (exact) mass is 405 g/mol. The summed E-state index contributed by atoms with van der Waals surface area (Å²) >= 11 is 0. The minimum Gasteiger partial charge on any atom is -0.452 e. The molecule has 0 saturated heterocycles. The number of carbonyl (C=O) groups excluding carboxylic acids is 2. The van der Waals surface area contributed by atoms with Crippen molar-refractivity contribution in [2.75, 3.05) is 13.7 Å². The second-order valence-electron chi connectivity index (χ2n) is 6.74. The van der Waals surface area contributed by atoms with Gasteiger partial charge in [-0.05, 0) is 48.7 Å². The van der Waals surface area contributed by atoms with Gasteiger partial charge in [0.25, 0.3) is 5.91 Å². The number of ether oxygens (including phenoxy) is 1. The zero-order valence-electron chi connectivity index (χ0n) is 16.4. The first kappa shape index (κ1) is 22.2. The first-order chi connectivity index (χ1) is 13.6. The van der Waals surface area contributed by atoms with E-state index in [-0.39, 0.29) is 5.91 Å². The highest BCUT2D eigenvalue weighted by atomic mass is 19.4. The topological polar surface area (TPSA) is 46.6 Å². The van der Waals surface area contributed by atoms with Crippen LogP contribution in [0.25, 0.3) is 6.08 Å². The molecule has 0 saturated carbocycles. The third-order valence-electron chi connectivity index (χ3n) is 4.32. The van der Waals surface area contributed by atoms with E-state index in [9.17, 15) is 22.8 Å². The summed E-state index contributed by atoms with van der Waals surface area (Å²) in [7, 11) is 1.62. The van der Waals surface area contributed by atoms with Crippen LogP contribution in [0.1, 0.15) is 27.8 Å². The van der Waals surface area contributed by atoms with Crippen molar-refractivity contribution in [3.63, 3.8) is 0 Å². The Labute approximate surface area is 167 Å². The van der Waals surface area contributed by atoms with Gasteiger partial charge in [0.2, 0.25) is 0 Å². The van der Waals surface area contributed by atoms with E-state index in [0.29, 0.717) is 12.1 Å². The Morgan fingerprint density at radius 2 is 1.72 bits per heavy atom. The zero-order valence-corrected chi connectivity index (χ0v) is 16.4. The van der Waals surface area contributed by atoms with Crippen LogP contribution in [0, 0.1) is 13.8 Å². The minimum atomic E-state index is -4.41. The van der Waals surface area contributed by atoms with E-state index in [2.05, 4.69) is 0 Å². The maximum Gasteiger partial charge on any atom is 0.416 e. The van der Waals surface area contributed by atoms with Gasteiger partial charge in [-0.3, -0.25) is 4.79 Å². The molecule has 0 atom stereocenters. The molecule has 0 fully saturated rings. The Kier molecular flexibility index (Phi) is 7.20. The zero-order chi connectivity index (χ0) is 21.6. The molecule has 0 unspecified atom stereocenters. The predicted molar refractivity (Wildman–Crippen MR) is 104 cm³/mol. The fourth-order valence-electron chi connectivity index (χ4n) is 2.61. The number of aryl methyl sites for hydroxylation is 2. The molecular weight excluding hydrogens is 383 g/mol. The van der Waals surface area contributed by atoms with Crippen LogP contribution in [-0.4, -0.2) is 30.4 Å². The molecule has 29 heavy (non-hydrogen) atoms. The van der Waals surface area contributed by atoms with Crippen LogP contribution >= 0.6 is 0 Å². The van der Waals surface area contributed by atoms with Gasteiger partial charge in [-0.2, -0.15) is 13.2 Å². The van der Waals surface area contributed by atoms with E-state index in [1.165, 1.54) is 23.1 Å². The number of likely N-dealkylation sites (N-methyl/N-ethyl adjacent to an activating group) is 1. The molecule has 0 N–H and O–H groups in total. The highest BCUT2D eigenvalue weighted by Crippen LogP contribution is 2.29. The van der Waals surface area contributed by atoms with Crippen molar-refractivity contribution in [2.24, 2.45) is 0 Å². The molecule has 0 bridgehead atoms. The van der Waals surface area contributed by atoms with Crippen LogP contribution in [0.4, 0.5) is 13.2 Å². The summed E-state index contributed by atoms with van der Waals surface area (Å²) in [6.45, 7) is 3.93. The summed E-state index contributed by atoms with van der Waals surface area (Å²) in [6, 6.07) is 10.3. The fourth-order valence-corrected chi connectivity index (χ4v) is 2.61. The molecule has 0 spiro atoms. The molecule has 0 radical (unpaired) electrons. The van der Waals surface area contributed by atoms with Crippen LogP contribution in [0.3, 0.4) is 0 Å². The van der Waals surface area contributed by atoms with E-state index >= 15 is 0 Å². The Hall–Kier alpha value is -3.09. The van der Waals surface area contributed by atoms with E-state index in [1.807, 2.05) is 32.0 Å². The van der Waals surface area contributed by atoms with Crippen molar-refractivity contribution in [1.29, 1.82) is 0 Å². The minimum absolute atomic E-state index is 0.360. The molecule has 4 nitrogen and oxygen atoms in total. The summed E-state index contributed by atoms with van der Waals surface area (Å²) in [5.41, 5.74) is 2.85. The normalized spacial score (nSPS) is 11.5. The fraction of sp³-hybridized carbons (Fsp3) is 0.273. The number of esters is 1. The van der Waals surface area contributed by atoms with Crippen molar-refractivity contribution in [2.45, 2.75) is 26.6 Å². The number of alkyl halides is 3. The van der Waals surface area contributed by atoms with Gasteiger partial charge in [0.1, 0.15) is 0 Å². The summed E-state index contributed by atoms with van der Waals surface area (Å²) in [5, 5.41) is 0. The quantitative estimate of drug-likeness (QED) is 0.524. The van der Waals surface area contributed by atoms with Crippen LogP contribution in [0.15, 0.2) is 48.5 Å². The van der Waals surface area contributed by atoms with Gasteiger partial charge in [-0.25, -0.2) is 4.79 Å². The van der Waals surface area contributed by atoms with Crippen molar-refractivity contribution in [3.8, 4) is 0 Å². The first-order valence-electron chi connectivity index (χ1n) is 8.88. The molecule has 0 aliphatic rings. The Morgan fingerprint density at radius 1 is 1.07 bits per heavy atom. The second-order valence-corrected chi connectivity index (χ2v) is 6.74. The van der Waals surface area contributed by atoms with Crippen LogP contribution in [0.5, 0.6) is 0 Å².